The lowest BCUT2D eigenvalue weighted by atomic mass is 10.0. The highest BCUT2D eigenvalue weighted by Gasteiger charge is 2.45. The minimum absolute atomic E-state index is 0.0240. The molecule has 1 N–H and O–H groups in total. The van der Waals surface area contributed by atoms with E-state index in [4.69, 9.17) is 21.4 Å². The SMILES string of the molecule is O=C(O)C1CC1c1ccc(OCc2cccc(SC3CCC3)n2)cc1Cl. The molecule has 26 heavy (non-hydrogen) atoms. The number of ether oxygens (including phenoxy) is 1. The van der Waals surface area contributed by atoms with Crippen LogP contribution in [0.4, 0.5) is 0 Å². The fourth-order valence-corrected chi connectivity index (χ4v) is 4.68. The van der Waals surface area contributed by atoms with Gasteiger partial charge in [-0.05, 0) is 55.0 Å². The van der Waals surface area contributed by atoms with Crippen molar-refractivity contribution in [1.29, 1.82) is 0 Å². The van der Waals surface area contributed by atoms with E-state index in [0.29, 0.717) is 29.0 Å². The molecule has 2 aliphatic rings. The van der Waals surface area contributed by atoms with E-state index in [-0.39, 0.29) is 11.8 Å². The van der Waals surface area contributed by atoms with Crippen molar-refractivity contribution in [3.05, 3.63) is 52.7 Å². The van der Waals surface area contributed by atoms with Gasteiger partial charge in [-0.25, -0.2) is 4.98 Å². The van der Waals surface area contributed by atoms with Crippen LogP contribution in [0.2, 0.25) is 5.02 Å². The monoisotopic (exact) mass is 389 g/mol. The summed E-state index contributed by atoms with van der Waals surface area (Å²) in [6, 6.07) is 11.5. The summed E-state index contributed by atoms with van der Waals surface area (Å²) in [4.78, 5) is 15.7. The molecule has 2 aliphatic carbocycles. The third-order valence-electron chi connectivity index (χ3n) is 4.99. The van der Waals surface area contributed by atoms with Gasteiger partial charge in [-0.2, -0.15) is 0 Å². The van der Waals surface area contributed by atoms with E-state index in [9.17, 15) is 4.79 Å². The van der Waals surface area contributed by atoms with Gasteiger partial charge in [-0.3, -0.25) is 4.79 Å². The molecular formula is C20H20ClNO3S. The Bertz CT molecular complexity index is 824. The molecule has 1 heterocycles. The van der Waals surface area contributed by atoms with Gasteiger partial charge in [-0.1, -0.05) is 30.2 Å². The first-order valence-corrected chi connectivity index (χ1v) is 10.1. The van der Waals surface area contributed by atoms with Crippen LogP contribution in [-0.4, -0.2) is 21.3 Å². The lowest BCUT2D eigenvalue weighted by molar-refractivity contribution is -0.138. The number of carboxylic acid groups (broad SMARTS) is 1. The molecule has 2 atom stereocenters. The van der Waals surface area contributed by atoms with E-state index in [2.05, 4.69) is 4.98 Å². The standard InChI is InChI=1S/C20H20ClNO3S/c21-18-9-13(7-8-15(18)16-10-17(16)20(23)24)25-11-12-3-1-6-19(22-12)26-14-4-2-5-14/h1,3,6-9,14,16-17H,2,4-5,10-11H2,(H,23,24). The predicted octanol–water partition coefficient (Wildman–Crippen LogP) is 5.15. The van der Waals surface area contributed by atoms with Gasteiger partial charge in [0.15, 0.2) is 0 Å². The molecule has 0 amide bonds. The number of nitrogens with zero attached hydrogens (tertiary/aromatic N) is 1. The van der Waals surface area contributed by atoms with Gasteiger partial charge in [0.25, 0.3) is 0 Å². The molecule has 0 bridgehead atoms. The Labute approximate surface area is 161 Å². The minimum atomic E-state index is -0.753. The van der Waals surface area contributed by atoms with Crippen molar-refractivity contribution in [2.75, 3.05) is 0 Å². The number of aromatic nitrogens is 1. The van der Waals surface area contributed by atoms with E-state index in [0.717, 1.165) is 16.3 Å². The number of benzene rings is 1. The second-order valence-corrected chi connectivity index (χ2v) is 8.62. The maximum atomic E-state index is 11.0. The number of carboxylic acids is 1. The van der Waals surface area contributed by atoms with Gasteiger partial charge in [0, 0.05) is 10.3 Å². The zero-order valence-electron chi connectivity index (χ0n) is 14.2. The number of hydrogen-bond donors (Lipinski definition) is 1. The summed E-state index contributed by atoms with van der Waals surface area (Å²) in [6.07, 6.45) is 4.54. The van der Waals surface area contributed by atoms with Crippen LogP contribution < -0.4 is 4.74 Å². The van der Waals surface area contributed by atoms with Crippen molar-refractivity contribution in [3.63, 3.8) is 0 Å². The molecule has 0 radical (unpaired) electrons. The maximum Gasteiger partial charge on any atom is 0.307 e. The van der Waals surface area contributed by atoms with Gasteiger partial charge in [0.1, 0.15) is 12.4 Å². The molecule has 1 aromatic carbocycles. The molecule has 2 fully saturated rings. The van der Waals surface area contributed by atoms with Crippen LogP contribution in [0, 0.1) is 5.92 Å². The van der Waals surface area contributed by atoms with Crippen molar-refractivity contribution in [3.8, 4) is 5.75 Å². The number of pyridine rings is 1. The smallest absolute Gasteiger partial charge is 0.307 e. The largest absolute Gasteiger partial charge is 0.487 e. The topological polar surface area (TPSA) is 59.4 Å². The molecular weight excluding hydrogens is 370 g/mol. The summed E-state index contributed by atoms with van der Waals surface area (Å²) in [6.45, 7) is 0.385. The van der Waals surface area contributed by atoms with Gasteiger partial charge >= 0.3 is 5.97 Å². The molecule has 4 nitrogen and oxygen atoms in total. The zero-order valence-corrected chi connectivity index (χ0v) is 15.8. The highest BCUT2D eigenvalue weighted by molar-refractivity contribution is 7.99. The quantitative estimate of drug-likeness (QED) is 0.709. The summed E-state index contributed by atoms with van der Waals surface area (Å²) in [5.74, 6) is -0.363. The van der Waals surface area contributed by atoms with Gasteiger partial charge in [0.2, 0.25) is 0 Å². The summed E-state index contributed by atoms with van der Waals surface area (Å²) in [7, 11) is 0. The summed E-state index contributed by atoms with van der Waals surface area (Å²) in [5, 5.41) is 11.4. The van der Waals surface area contributed by atoms with Crippen LogP contribution in [0.1, 0.15) is 42.9 Å². The highest BCUT2D eigenvalue weighted by Crippen LogP contribution is 2.50. The zero-order chi connectivity index (χ0) is 18.1. The molecule has 2 aromatic rings. The molecule has 136 valence electrons. The van der Waals surface area contributed by atoms with Crippen LogP contribution >= 0.6 is 23.4 Å². The van der Waals surface area contributed by atoms with Crippen LogP contribution in [0.3, 0.4) is 0 Å². The number of aliphatic carboxylic acids is 1. The fraction of sp³-hybridized carbons (Fsp3) is 0.400. The van der Waals surface area contributed by atoms with Crippen LogP contribution in [0.5, 0.6) is 5.75 Å². The second-order valence-electron chi connectivity index (χ2n) is 6.90. The molecule has 6 heteroatoms. The summed E-state index contributed by atoms with van der Waals surface area (Å²) < 4.78 is 5.83. The Morgan fingerprint density at radius 2 is 2.15 bits per heavy atom. The number of carbonyl (C=O) groups is 1. The normalized spacial score (nSPS) is 21.9. The van der Waals surface area contributed by atoms with Crippen molar-refractivity contribution in [2.45, 2.75) is 48.5 Å². The van der Waals surface area contributed by atoms with Gasteiger partial charge < -0.3 is 9.84 Å². The van der Waals surface area contributed by atoms with Crippen molar-refractivity contribution >= 4 is 29.3 Å². The Morgan fingerprint density at radius 1 is 1.31 bits per heavy atom. The Hall–Kier alpha value is -1.72. The average molecular weight is 390 g/mol. The first-order chi connectivity index (χ1) is 12.6. The molecule has 1 aromatic heterocycles. The molecule has 0 aliphatic heterocycles. The van der Waals surface area contributed by atoms with E-state index in [1.807, 2.05) is 42.1 Å². The first kappa shape index (κ1) is 17.7. The lowest BCUT2D eigenvalue weighted by Gasteiger charge is -2.24. The number of halogens is 1. The maximum absolute atomic E-state index is 11.0. The van der Waals surface area contributed by atoms with Gasteiger partial charge in [0.05, 0.1) is 16.6 Å². The predicted molar refractivity (Wildman–Crippen MR) is 102 cm³/mol. The summed E-state index contributed by atoms with van der Waals surface area (Å²) in [5.41, 5.74) is 1.78. The van der Waals surface area contributed by atoms with E-state index < -0.39 is 5.97 Å². The second kappa shape index (κ2) is 7.49. The third-order valence-corrected chi connectivity index (χ3v) is 6.59. The van der Waals surface area contributed by atoms with Crippen LogP contribution in [0.25, 0.3) is 0 Å². The summed E-state index contributed by atoms with van der Waals surface area (Å²) >= 11 is 8.18. The Kier molecular flexibility index (Phi) is 5.09. The van der Waals surface area contributed by atoms with Crippen LogP contribution in [-0.2, 0) is 11.4 Å². The average Bonchev–Trinajstić information content (AvgIpc) is 3.38. The Morgan fingerprint density at radius 3 is 2.81 bits per heavy atom. The molecule has 2 unspecified atom stereocenters. The van der Waals surface area contributed by atoms with E-state index >= 15 is 0 Å². The molecule has 4 rings (SSSR count). The number of hydrogen-bond acceptors (Lipinski definition) is 4. The van der Waals surface area contributed by atoms with E-state index in [1.54, 1.807) is 6.07 Å². The number of thioether (sulfide) groups is 1. The number of rotatable bonds is 7. The van der Waals surface area contributed by atoms with E-state index in [1.165, 1.54) is 19.3 Å². The minimum Gasteiger partial charge on any atom is -0.487 e. The van der Waals surface area contributed by atoms with Crippen molar-refractivity contribution in [2.24, 2.45) is 5.92 Å². The molecule has 0 spiro atoms. The van der Waals surface area contributed by atoms with Gasteiger partial charge in [-0.15, -0.1) is 11.8 Å². The van der Waals surface area contributed by atoms with Crippen molar-refractivity contribution in [1.82, 2.24) is 4.98 Å². The Balaban J connectivity index is 1.36. The van der Waals surface area contributed by atoms with Crippen molar-refractivity contribution < 1.29 is 14.6 Å². The lowest BCUT2D eigenvalue weighted by Crippen LogP contribution is -2.13. The highest BCUT2D eigenvalue weighted by atomic mass is 35.5. The van der Waals surface area contributed by atoms with Crippen LogP contribution in [0.15, 0.2) is 41.4 Å². The molecule has 2 saturated carbocycles. The first-order valence-electron chi connectivity index (χ1n) is 8.88. The third kappa shape index (κ3) is 3.99. The fourth-order valence-electron chi connectivity index (χ4n) is 3.13. The molecule has 0 saturated heterocycles.